The fraction of sp³-hybridized carbons (Fsp3) is 0.500. The summed E-state index contributed by atoms with van der Waals surface area (Å²) >= 11 is 5.92. The summed E-state index contributed by atoms with van der Waals surface area (Å²) in [7, 11) is -3.51. The Morgan fingerprint density at radius 1 is 1.39 bits per heavy atom. The molecule has 0 amide bonds. The Labute approximate surface area is 114 Å². The highest BCUT2D eigenvalue weighted by atomic mass is 35.5. The molecule has 0 aliphatic heterocycles. The van der Waals surface area contributed by atoms with Crippen LogP contribution in [0.4, 0.5) is 0 Å². The minimum atomic E-state index is -3.51. The lowest BCUT2D eigenvalue weighted by atomic mass is 10.1. The molecule has 0 saturated heterocycles. The van der Waals surface area contributed by atoms with Gasteiger partial charge in [-0.05, 0) is 36.6 Å². The number of nitrogens with one attached hydrogen (secondary N) is 1. The molecule has 0 bridgehead atoms. The van der Waals surface area contributed by atoms with Crippen LogP contribution in [0.2, 0.25) is 5.02 Å². The molecule has 4 nitrogen and oxygen atoms in total. The maximum atomic E-state index is 12.1. The molecule has 1 aromatic rings. The number of hydrogen-bond donors (Lipinski definition) is 2. The summed E-state index contributed by atoms with van der Waals surface area (Å²) < 4.78 is 26.8. The van der Waals surface area contributed by atoms with Crippen molar-refractivity contribution in [3.05, 3.63) is 28.3 Å². The molecular weight excluding hydrogens is 272 g/mol. The van der Waals surface area contributed by atoms with Gasteiger partial charge in [-0.1, -0.05) is 24.9 Å². The summed E-state index contributed by atoms with van der Waals surface area (Å²) in [6.07, 6.45) is 1.74. The lowest BCUT2D eigenvalue weighted by Gasteiger charge is -2.12. The predicted molar refractivity (Wildman–Crippen MR) is 74.2 cm³/mol. The normalized spacial score (nSPS) is 11.8. The van der Waals surface area contributed by atoms with Gasteiger partial charge in [0, 0.05) is 18.1 Å². The van der Waals surface area contributed by atoms with Crippen LogP contribution < -0.4 is 10.5 Å². The molecule has 0 radical (unpaired) electrons. The van der Waals surface area contributed by atoms with E-state index in [0.29, 0.717) is 17.1 Å². The molecule has 0 fully saturated rings. The van der Waals surface area contributed by atoms with Gasteiger partial charge in [-0.15, -0.1) is 0 Å². The highest BCUT2D eigenvalue weighted by Gasteiger charge is 2.18. The van der Waals surface area contributed by atoms with Crippen molar-refractivity contribution in [2.45, 2.75) is 38.1 Å². The Bertz CT molecular complexity index is 515. The SMILES string of the molecule is CCCCNS(=O)(=O)c1cc(Cl)cc(CN)c1C. The molecule has 6 heteroatoms. The summed E-state index contributed by atoms with van der Waals surface area (Å²) in [6, 6.07) is 3.16. The molecule has 0 aliphatic carbocycles. The molecule has 0 unspecified atom stereocenters. The first-order valence-corrected chi connectivity index (χ1v) is 7.77. The van der Waals surface area contributed by atoms with Crippen molar-refractivity contribution < 1.29 is 8.42 Å². The number of nitrogens with two attached hydrogens (primary N) is 1. The fourth-order valence-corrected chi connectivity index (χ4v) is 3.35. The van der Waals surface area contributed by atoms with Crippen LogP contribution in [0.15, 0.2) is 17.0 Å². The lowest BCUT2D eigenvalue weighted by Crippen LogP contribution is -2.25. The summed E-state index contributed by atoms with van der Waals surface area (Å²) in [4.78, 5) is 0.214. The van der Waals surface area contributed by atoms with E-state index < -0.39 is 10.0 Å². The Hall–Kier alpha value is -0.620. The Balaban J connectivity index is 3.12. The zero-order valence-corrected chi connectivity index (χ0v) is 12.2. The smallest absolute Gasteiger partial charge is 0.240 e. The van der Waals surface area contributed by atoms with Crippen LogP contribution in [0.1, 0.15) is 30.9 Å². The number of rotatable bonds is 6. The van der Waals surface area contributed by atoms with Gasteiger partial charge in [0.1, 0.15) is 0 Å². The first-order valence-electron chi connectivity index (χ1n) is 5.91. The fourth-order valence-electron chi connectivity index (χ4n) is 1.66. The number of halogens is 1. The number of unbranched alkanes of at least 4 members (excludes halogenated alkanes) is 1. The topological polar surface area (TPSA) is 72.2 Å². The van der Waals surface area contributed by atoms with Crippen LogP contribution in [0.25, 0.3) is 0 Å². The summed E-state index contributed by atoms with van der Waals surface area (Å²) in [5, 5.41) is 0.386. The minimum absolute atomic E-state index is 0.214. The van der Waals surface area contributed by atoms with Crippen LogP contribution >= 0.6 is 11.6 Å². The molecule has 1 aromatic carbocycles. The molecule has 0 atom stereocenters. The first kappa shape index (κ1) is 15.4. The van der Waals surface area contributed by atoms with Gasteiger partial charge in [0.15, 0.2) is 0 Å². The molecule has 0 aliphatic rings. The summed E-state index contributed by atoms with van der Waals surface area (Å²) in [6.45, 7) is 4.45. The van der Waals surface area contributed by atoms with Gasteiger partial charge < -0.3 is 5.73 Å². The first-order chi connectivity index (χ1) is 8.42. The van der Waals surface area contributed by atoms with Gasteiger partial charge in [0.25, 0.3) is 0 Å². The zero-order chi connectivity index (χ0) is 13.8. The van der Waals surface area contributed by atoms with E-state index in [2.05, 4.69) is 4.72 Å². The highest BCUT2D eigenvalue weighted by Crippen LogP contribution is 2.24. The number of hydrogen-bond acceptors (Lipinski definition) is 3. The molecule has 1 rings (SSSR count). The van der Waals surface area contributed by atoms with Crippen molar-refractivity contribution in [1.82, 2.24) is 4.72 Å². The second kappa shape index (κ2) is 6.52. The molecule has 0 saturated carbocycles. The van der Waals surface area contributed by atoms with Gasteiger partial charge in [-0.25, -0.2) is 13.1 Å². The zero-order valence-electron chi connectivity index (χ0n) is 10.7. The van der Waals surface area contributed by atoms with Crippen LogP contribution in [-0.4, -0.2) is 15.0 Å². The third kappa shape index (κ3) is 3.68. The monoisotopic (exact) mass is 290 g/mol. The van der Waals surface area contributed by atoms with Crippen molar-refractivity contribution in [2.75, 3.05) is 6.54 Å². The second-order valence-corrected chi connectivity index (χ2v) is 6.32. The second-order valence-electron chi connectivity index (χ2n) is 4.14. The maximum absolute atomic E-state index is 12.1. The Kier molecular flexibility index (Phi) is 5.59. The third-order valence-electron chi connectivity index (χ3n) is 2.76. The average molecular weight is 291 g/mol. The maximum Gasteiger partial charge on any atom is 0.240 e. The van der Waals surface area contributed by atoms with Gasteiger partial charge >= 0.3 is 0 Å². The highest BCUT2D eigenvalue weighted by molar-refractivity contribution is 7.89. The quantitative estimate of drug-likeness (QED) is 0.789. The van der Waals surface area contributed by atoms with E-state index in [1.54, 1.807) is 13.0 Å². The minimum Gasteiger partial charge on any atom is -0.326 e. The van der Waals surface area contributed by atoms with Crippen molar-refractivity contribution in [1.29, 1.82) is 0 Å². The van der Waals surface area contributed by atoms with Crippen LogP contribution in [0, 0.1) is 6.92 Å². The molecule has 18 heavy (non-hydrogen) atoms. The van der Waals surface area contributed by atoms with E-state index in [1.165, 1.54) is 6.07 Å². The molecule has 102 valence electrons. The lowest BCUT2D eigenvalue weighted by molar-refractivity contribution is 0.577. The molecule has 0 aromatic heterocycles. The van der Waals surface area contributed by atoms with Gasteiger partial charge in [0.2, 0.25) is 10.0 Å². The third-order valence-corrected chi connectivity index (χ3v) is 4.57. The molecule has 3 N–H and O–H groups in total. The van der Waals surface area contributed by atoms with Crippen LogP contribution in [-0.2, 0) is 16.6 Å². The van der Waals surface area contributed by atoms with Crippen molar-refractivity contribution >= 4 is 21.6 Å². The van der Waals surface area contributed by atoms with E-state index in [1.807, 2.05) is 6.92 Å². The average Bonchev–Trinajstić information content (AvgIpc) is 2.31. The summed E-state index contributed by atoms with van der Waals surface area (Å²) in [5.41, 5.74) is 6.99. The van der Waals surface area contributed by atoms with Crippen molar-refractivity contribution in [2.24, 2.45) is 5.73 Å². The standard InChI is InChI=1S/C12H19ClN2O2S/c1-3-4-5-15-18(16,17)12-7-11(13)6-10(8-14)9(12)2/h6-7,15H,3-5,8,14H2,1-2H3. The molecular formula is C12H19ClN2O2S. The molecule has 0 heterocycles. The van der Waals surface area contributed by atoms with Crippen LogP contribution in [0.3, 0.4) is 0 Å². The number of sulfonamides is 1. The van der Waals surface area contributed by atoms with E-state index >= 15 is 0 Å². The van der Waals surface area contributed by atoms with Gasteiger partial charge in [0.05, 0.1) is 4.90 Å². The van der Waals surface area contributed by atoms with Gasteiger partial charge in [-0.3, -0.25) is 0 Å². The Morgan fingerprint density at radius 3 is 2.61 bits per heavy atom. The molecule has 0 spiro atoms. The van der Waals surface area contributed by atoms with E-state index in [9.17, 15) is 8.42 Å². The summed E-state index contributed by atoms with van der Waals surface area (Å²) in [5.74, 6) is 0. The predicted octanol–water partition coefficient (Wildman–Crippen LogP) is 2.19. The Morgan fingerprint density at radius 2 is 2.06 bits per heavy atom. The van der Waals surface area contributed by atoms with Crippen molar-refractivity contribution in [3.8, 4) is 0 Å². The van der Waals surface area contributed by atoms with Gasteiger partial charge in [-0.2, -0.15) is 0 Å². The number of benzene rings is 1. The van der Waals surface area contributed by atoms with Crippen LogP contribution in [0.5, 0.6) is 0 Å². The van der Waals surface area contributed by atoms with E-state index in [4.69, 9.17) is 17.3 Å². The van der Waals surface area contributed by atoms with Crippen molar-refractivity contribution in [3.63, 3.8) is 0 Å². The van der Waals surface area contributed by atoms with E-state index in [0.717, 1.165) is 18.4 Å². The van der Waals surface area contributed by atoms with E-state index in [-0.39, 0.29) is 11.4 Å². The largest absolute Gasteiger partial charge is 0.326 e.